The van der Waals surface area contributed by atoms with Gasteiger partial charge in [0.1, 0.15) is 0 Å². The van der Waals surface area contributed by atoms with Crippen LogP contribution in [0.1, 0.15) is 25.0 Å². The maximum Gasteiger partial charge on any atom is 0.211 e. The monoisotopic (exact) mass is 301 g/mol. The van der Waals surface area contributed by atoms with Crippen LogP contribution >= 0.6 is 0 Å². The predicted molar refractivity (Wildman–Crippen MR) is 76.5 cm³/mol. The van der Waals surface area contributed by atoms with Crippen molar-refractivity contribution in [2.75, 3.05) is 25.9 Å². The molecule has 0 bridgehead atoms. The molecule has 114 valence electrons. The Labute approximate surface area is 120 Å². The second kappa shape index (κ2) is 6.64. The van der Waals surface area contributed by atoms with E-state index in [9.17, 15) is 8.42 Å². The van der Waals surface area contributed by atoms with Crippen molar-refractivity contribution in [2.24, 2.45) is 11.7 Å². The fourth-order valence-corrected chi connectivity index (χ4v) is 3.51. The van der Waals surface area contributed by atoms with Crippen molar-refractivity contribution in [3.05, 3.63) is 11.9 Å². The summed E-state index contributed by atoms with van der Waals surface area (Å²) < 4.78 is 26.6. The van der Waals surface area contributed by atoms with Crippen LogP contribution in [0, 0.1) is 5.92 Å². The predicted octanol–water partition coefficient (Wildman–Crippen LogP) is -0.159. The first-order chi connectivity index (χ1) is 9.49. The Hall–Kier alpha value is -0.990. The van der Waals surface area contributed by atoms with Crippen molar-refractivity contribution in [1.82, 2.24) is 19.3 Å². The standard InChI is InChI=1S/C12H23N5O2S/c1-20(18,19)17-7-3-4-11(9-17)8-16-10-12(14-15-16)5-2-6-13/h10-11H,2-9,13H2,1H3. The maximum absolute atomic E-state index is 11.6. The first kappa shape index (κ1) is 15.4. The molecule has 0 amide bonds. The van der Waals surface area contributed by atoms with Crippen LogP contribution in [-0.4, -0.2) is 53.6 Å². The molecular formula is C12H23N5O2S. The average molecular weight is 301 g/mol. The molecule has 0 radical (unpaired) electrons. The third-order valence-corrected chi connectivity index (χ3v) is 4.89. The summed E-state index contributed by atoms with van der Waals surface area (Å²) >= 11 is 0. The molecule has 7 nitrogen and oxygen atoms in total. The van der Waals surface area contributed by atoms with Crippen LogP contribution in [-0.2, 0) is 23.0 Å². The Morgan fingerprint density at radius 1 is 1.50 bits per heavy atom. The number of sulfonamides is 1. The van der Waals surface area contributed by atoms with E-state index in [2.05, 4.69) is 10.3 Å². The van der Waals surface area contributed by atoms with Crippen molar-refractivity contribution in [3.8, 4) is 0 Å². The van der Waals surface area contributed by atoms with Gasteiger partial charge in [-0.15, -0.1) is 5.10 Å². The largest absolute Gasteiger partial charge is 0.330 e. The summed E-state index contributed by atoms with van der Waals surface area (Å²) in [5.74, 6) is 0.308. The molecule has 20 heavy (non-hydrogen) atoms. The molecular weight excluding hydrogens is 278 g/mol. The van der Waals surface area contributed by atoms with Gasteiger partial charge in [0.25, 0.3) is 0 Å². The molecule has 1 aromatic heterocycles. The Kier molecular flexibility index (Phi) is 5.11. The molecule has 1 unspecified atom stereocenters. The van der Waals surface area contributed by atoms with Gasteiger partial charge < -0.3 is 5.73 Å². The van der Waals surface area contributed by atoms with E-state index in [4.69, 9.17) is 5.73 Å². The van der Waals surface area contributed by atoms with E-state index in [1.807, 2.05) is 10.9 Å². The topological polar surface area (TPSA) is 94.1 Å². The van der Waals surface area contributed by atoms with Crippen molar-refractivity contribution in [1.29, 1.82) is 0 Å². The lowest BCUT2D eigenvalue weighted by atomic mass is 10.00. The first-order valence-electron chi connectivity index (χ1n) is 7.03. The number of nitrogens with two attached hydrogens (primary N) is 1. The Morgan fingerprint density at radius 2 is 2.30 bits per heavy atom. The van der Waals surface area contributed by atoms with E-state index in [1.165, 1.54) is 6.26 Å². The van der Waals surface area contributed by atoms with Gasteiger partial charge in [-0.3, -0.25) is 4.68 Å². The molecule has 0 saturated carbocycles. The van der Waals surface area contributed by atoms with Crippen molar-refractivity contribution < 1.29 is 8.42 Å². The lowest BCUT2D eigenvalue weighted by Gasteiger charge is -2.30. The molecule has 0 spiro atoms. The summed E-state index contributed by atoms with van der Waals surface area (Å²) in [6, 6.07) is 0. The fourth-order valence-electron chi connectivity index (χ4n) is 2.57. The molecule has 2 N–H and O–H groups in total. The maximum atomic E-state index is 11.6. The lowest BCUT2D eigenvalue weighted by molar-refractivity contribution is 0.239. The van der Waals surface area contributed by atoms with Gasteiger partial charge in [-0.05, 0) is 38.1 Å². The highest BCUT2D eigenvalue weighted by Crippen LogP contribution is 2.20. The van der Waals surface area contributed by atoms with Gasteiger partial charge in [0.15, 0.2) is 0 Å². The molecule has 1 fully saturated rings. The zero-order valence-corrected chi connectivity index (χ0v) is 12.7. The van der Waals surface area contributed by atoms with Gasteiger partial charge in [0.2, 0.25) is 10.0 Å². The van der Waals surface area contributed by atoms with Gasteiger partial charge in [-0.25, -0.2) is 12.7 Å². The molecule has 0 aromatic carbocycles. The highest BCUT2D eigenvalue weighted by Gasteiger charge is 2.26. The van der Waals surface area contributed by atoms with Crippen molar-refractivity contribution in [2.45, 2.75) is 32.2 Å². The number of aromatic nitrogens is 3. The number of aryl methyl sites for hydroxylation is 1. The van der Waals surface area contributed by atoms with E-state index in [-0.39, 0.29) is 0 Å². The number of nitrogens with zero attached hydrogens (tertiary/aromatic N) is 4. The summed E-state index contributed by atoms with van der Waals surface area (Å²) in [5, 5.41) is 8.22. The Balaban J connectivity index is 1.91. The fraction of sp³-hybridized carbons (Fsp3) is 0.833. The summed E-state index contributed by atoms with van der Waals surface area (Å²) in [7, 11) is -3.08. The number of rotatable bonds is 6. The van der Waals surface area contributed by atoms with Gasteiger partial charge in [0.05, 0.1) is 11.9 Å². The minimum absolute atomic E-state index is 0.308. The van der Waals surface area contributed by atoms with E-state index in [1.54, 1.807) is 4.31 Å². The highest BCUT2D eigenvalue weighted by atomic mass is 32.2. The molecule has 0 aliphatic carbocycles. The molecule has 1 saturated heterocycles. The third-order valence-electron chi connectivity index (χ3n) is 3.62. The van der Waals surface area contributed by atoms with Crippen LogP contribution in [0.4, 0.5) is 0 Å². The summed E-state index contributed by atoms with van der Waals surface area (Å²) in [6.07, 6.45) is 6.90. The smallest absolute Gasteiger partial charge is 0.211 e. The molecule has 1 aliphatic heterocycles. The second-order valence-corrected chi connectivity index (χ2v) is 7.44. The molecule has 8 heteroatoms. The van der Waals surface area contributed by atoms with Gasteiger partial charge in [0, 0.05) is 25.8 Å². The summed E-state index contributed by atoms with van der Waals surface area (Å²) in [6.45, 7) is 2.59. The molecule has 1 aliphatic rings. The number of hydrogen-bond donors (Lipinski definition) is 1. The van der Waals surface area contributed by atoms with E-state index in [0.29, 0.717) is 25.6 Å². The number of piperidine rings is 1. The lowest BCUT2D eigenvalue weighted by Crippen LogP contribution is -2.40. The normalized spacial score (nSPS) is 21.2. The van der Waals surface area contributed by atoms with Crippen LogP contribution in [0.3, 0.4) is 0 Å². The van der Waals surface area contributed by atoms with Crippen LogP contribution in [0.15, 0.2) is 6.20 Å². The first-order valence-corrected chi connectivity index (χ1v) is 8.88. The van der Waals surface area contributed by atoms with Crippen LogP contribution in [0.5, 0.6) is 0 Å². The van der Waals surface area contributed by atoms with Crippen molar-refractivity contribution in [3.63, 3.8) is 0 Å². The quantitative estimate of drug-likeness (QED) is 0.788. The summed E-state index contributed by atoms with van der Waals surface area (Å²) in [4.78, 5) is 0. The van der Waals surface area contributed by atoms with Crippen LogP contribution < -0.4 is 5.73 Å². The van der Waals surface area contributed by atoms with Crippen molar-refractivity contribution >= 4 is 10.0 Å². The molecule has 2 rings (SSSR count). The zero-order valence-electron chi connectivity index (χ0n) is 11.9. The van der Waals surface area contributed by atoms with E-state index in [0.717, 1.165) is 37.9 Å². The minimum Gasteiger partial charge on any atom is -0.330 e. The molecule has 1 aromatic rings. The van der Waals surface area contributed by atoms with Crippen LogP contribution in [0.2, 0.25) is 0 Å². The minimum atomic E-state index is -3.08. The third kappa shape index (κ3) is 4.26. The van der Waals surface area contributed by atoms with E-state index >= 15 is 0 Å². The van der Waals surface area contributed by atoms with Crippen LogP contribution in [0.25, 0.3) is 0 Å². The van der Waals surface area contributed by atoms with E-state index < -0.39 is 10.0 Å². The average Bonchev–Trinajstić information content (AvgIpc) is 2.83. The number of hydrogen-bond acceptors (Lipinski definition) is 5. The van der Waals surface area contributed by atoms with Gasteiger partial charge in [-0.2, -0.15) is 0 Å². The second-order valence-electron chi connectivity index (χ2n) is 5.45. The summed E-state index contributed by atoms with van der Waals surface area (Å²) in [5.41, 5.74) is 6.42. The van der Waals surface area contributed by atoms with Gasteiger partial charge >= 0.3 is 0 Å². The SMILES string of the molecule is CS(=O)(=O)N1CCCC(Cn2cc(CCCN)nn2)C1. The molecule has 2 heterocycles. The Bertz CT molecular complexity index is 528. The highest BCUT2D eigenvalue weighted by molar-refractivity contribution is 7.88. The Morgan fingerprint density at radius 3 is 3.00 bits per heavy atom. The zero-order chi connectivity index (χ0) is 14.6. The molecule has 1 atom stereocenters. The van der Waals surface area contributed by atoms with Gasteiger partial charge in [-0.1, -0.05) is 5.21 Å².